The molecule has 0 unspecified atom stereocenters. The summed E-state index contributed by atoms with van der Waals surface area (Å²) in [6.45, 7) is -0.0506. The van der Waals surface area contributed by atoms with Crippen LogP contribution in [0.5, 0.6) is 5.75 Å². The number of rotatable bonds is 4. The van der Waals surface area contributed by atoms with Crippen molar-refractivity contribution in [1.82, 2.24) is 15.0 Å². The maximum absolute atomic E-state index is 12.1. The van der Waals surface area contributed by atoms with Gasteiger partial charge in [0.05, 0.1) is 5.52 Å². The van der Waals surface area contributed by atoms with Crippen molar-refractivity contribution < 1.29 is 9.53 Å². The van der Waals surface area contributed by atoms with Crippen LogP contribution < -0.4 is 9.64 Å². The van der Waals surface area contributed by atoms with Gasteiger partial charge in [0.2, 0.25) is 5.95 Å². The zero-order valence-corrected chi connectivity index (χ0v) is 11.5. The number of likely N-dealkylation sites (N-methyl/N-ethyl adjacent to an activating group) is 1. The topological polar surface area (TPSA) is 71.1 Å². The molecule has 2 aromatic heterocycles. The van der Waals surface area contributed by atoms with E-state index in [1.54, 1.807) is 25.4 Å². The van der Waals surface area contributed by atoms with Crippen molar-refractivity contribution >= 4 is 23.0 Å². The van der Waals surface area contributed by atoms with Gasteiger partial charge in [-0.15, -0.1) is 0 Å². The Bertz CT molecular complexity index is 721. The molecule has 0 aliphatic heterocycles. The van der Waals surface area contributed by atoms with Crippen molar-refractivity contribution in [1.29, 1.82) is 0 Å². The highest BCUT2D eigenvalue weighted by Crippen LogP contribution is 2.14. The molecule has 6 nitrogen and oxygen atoms in total. The third kappa shape index (κ3) is 2.84. The number of nitrogens with zero attached hydrogens (tertiary/aromatic N) is 3. The first-order chi connectivity index (χ1) is 10.2. The second kappa shape index (κ2) is 5.62. The number of hydrogen-bond acceptors (Lipinski definition) is 4. The molecule has 0 atom stereocenters. The standard InChI is InChI=1S/C15H14N4O2/c1-19(13(20)10-21-11-6-3-2-4-7-11)15-17-12-8-5-9-16-14(12)18-15/h2-9H,10H2,1H3,(H,16,17,18). The minimum absolute atomic E-state index is 0.0506. The van der Waals surface area contributed by atoms with E-state index in [1.807, 2.05) is 30.3 Å². The predicted octanol–water partition coefficient (Wildman–Crippen LogP) is 2.00. The molecular formula is C15H14N4O2. The monoisotopic (exact) mass is 282 g/mol. The Labute approximate surface area is 121 Å². The van der Waals surface area contributed by atoms with Gasteiger partial charge in [-0.25, -0.2) is 4.98 Å². The molecule has 2 heterocycles. The molecular weight excluding hydrogens is 268 g/mol. The van der Waals surface area contributed by atoms with Crippen molar-refractivity contribution in [2.45, 2.75) is 0 Å². The number of aromatic amines is 1. The van der Waals surface area contributed by atoms with Gasteiger partial charge in [-0.1, -0.05) is 18.2 Å². The number of para-hydroxylation sites is 1. The Morgan fingerprint density at radius 2 is 2.05 bits per heavy atom. The summed E-state index contributed by atoms with van der Waals surface area (Å²) in [4.78, 5) is 25.0. The van der Waals surface area contributed by atoms with Gasteiger partial charge in [0.1, 0.15) is 5.75 Å². The van der Waals surface area contributed by atoms with Crippen molar-refractivity contribution in [3.05, 3.63) is 48.7 Å². The number of carbonyl (C=O) groups excluding carboxylic acids is 1. The molecule has 106 valence electrons. The van der Waals surface area contributed by atoms with Gasteiger partial charge in [-0.05, 0) is 24.3 Å². The van der Waals surface area contributed by atoms with E-state index >= 15 is 0 Å². The van der Waals surface area contributed by atoms with E-state index in [4.69, 9.17) is 4.74 Å². The third-order valence-electron chi connectivity index (χ3n) is 3.04. The lowest BCUT2D eigenvalue weighted by atomic mass is 10.3. The molecule has 6 heteroatoms. The maximum atomic E-state index is 12.1. The Hall–Kier alpha value is -2.89. The van der Waals surface area contributed by atoms with Crippen LogP contribution in [0.2, 0.25) is 0 Å². The number of carbonyl (C=O) groups is 1. The van der Waals surface area contributed by atoms with Gasteiger partial charge >= 0.3 is 0 Å². The van der Waals surface area contributed by atoms with Crippen LogP contribution in [0.25, 0.3) is 11.2 Å². The number of ether oxygens (including phenoxy) is 1. The Morgan fingerprint density at radius 1 is 1.24 bits per heavy atom. The molecule has 0 aliphatic carbocycles. The van der Waals surface area contributed by atoms with Gasteiger partial charge in [0, 0.05) is 13.2 Å². The van der Waals surface area contributed by atoms with Gasteiger partial charge < -0.3 is 9.72 Å². The highest BCUT2D eigenvalue weighted by Gasteiger charge is 2.15. The lowest BCUT2D eigenvalue weighted by molar-refractivity contribution is -0.120. The van der Waals surface area contributed by atoms with E-state index in [0.717, 1.165) is 5.52 Å². The molecule has 1 aromatic carbocycles. The minimum Gasteiger partial charge on any atom is -0.484 e. The molecule has 0 bridgehead atoms. The molecule has 0 aliphatic rings. The molecule has 3 aromatic rings. The lowest BCUT2D eigenvalue weighted by Gasteiger charge is -2.14. The molecule has 0 saturated carbocycles. The fourth-order valence-corrected chi connectivity index (χ4v) is 1.87. The summed E-state index contributed by atoms with van der Waals surface area (Å²) >= 11 is 0. The van der Waals surface area contributed by atoms with Crippen molar-refractivity contribution in [2.75, 3.05) is 18.6 Å². The number of fused-ring (bicyclic) bond motifs is 1. The van der Waals surface area contributed by atoms with Gasteiger partial charge in [-0.3, -0.25) is 9.69 Å². The van der Waals surface area contributed by atoms with Crippen LogP contribution in [0.15, 0.2) is 48.7 Å². The summed E-state index contributed by atoms with van der Waals surface area (Å²) in [6, 6.07) is 12.9. The van der Waals surface area contributed by atoms with Crippen LogP contribution in [0.4, 0.5) is 5.95 Å². The first-order valence-electron chi connectivity index (χ1n) is 6.49. The van der Waals surface area contributed by atoms with Crippen molar-refractivity contribution in [3.8, 4) is 5.75 Å². The second-order valence-corrected chi connectivity index (χ2v) is 4.49. The van der Waals surface area contributed by atoms with E-state index in [2.05, 4.69) is 15.0 Å². The normalized spacial score (nSPS) is 10.5. The first-order valence-corrected chi connectivity index (χ1v) is 6.49. The summed E-state index contributed by atoms with van der Waals surface area (Å²) in [7, 11) is 1.65. The van der Waals surface area contributed by atoms with E-state index < -0.39 is 0 Å². The van der Waals surface area contributed by atoms with Gasteiger partial charge in [0.25, 0.3) is 5.91 Å². The maximum Gasteiger partial charge on any atom is 0.266 e. The number of H-pyrrole nitrogens is 1. The van der Waals surface area contributed by atoms with E-state index in [1.165, 1.54) is 4.90 Å². The zero-order valence-electron chi connectivity index (χ0n) is 11.5. The Kier molecular flexibility index (Phi) is 3.51. The van der Waals surface area contributed by atoms with Crippen LogP contribution >= 0.6 is 0 Å². The SMILES string of the molecule is CN(C(=O)COc1ccccc1)c1nc2ncccc2[nH]1. The number of hydrogen-bond donors (Lipinski definition) is 1. The van der Waals surface area contributed by atoms with Crippen LogP contribution in [0.3, 0.4) is 0 Å². The number of anilines is 1. The zero-order chi connectivity index (χ0) is 14.7. The number of pyridine rings is 1. The Balaban J connectivity index is 1.69. The van der Waals surface area contributed by atoms with Crippen LogP contribution in [-0.2, 0) is 4.79 Å². The molecule has 0 saturated heterocycles. The van der Waals surface area contributed by atoms with Crippen molar-refractivity contribution in [2.24, 2.45) is 0 Å². The number of benzene rings is 1. The predicted molar refractivity (Wildman–Crippen MR) is 79.2 cm³/mol. The van der Waals surface area contributed by atoms with Crippen LogP contribution in [-0.4, -0.2) is 34.5 Å². The van der Waals surface area contributed by atoms with Crippen molar-refractivity contribution in [3.63, 3.8) is 0 Å². The summed E-state index contributed by atoms with van der Waals surface area (Å²) in [5.41, 5.74) is 1.37. The molecule has 1 N–H and O–H groups in total. The molecule has 0 spiro atoms. The molecule has 0 fully saturated rings. The molecule has 1 amide bonds. The lowest BCUT2D eigenvalue weighted by Crippen LogP contribution is -2.32. The molecule has 0 radical (unpaired) electrons. The van der Waals surface area contributed by atoms with Gasteiger partial charge in [-0.2, -0.15) is 4.98 Å². The smallest absolute Gasteiger partial charge is 0.266 e. The van der Waals surface area contributed by atoms with E-state index in [0.29, 0.717) is 17.3 Å². The van der Waals surface area contributed by atoms with Gasteiger partial charge in [0.15, 0.2) is 12.3 Å². The average Bonchev–Trinajstić information content (AvgIpc) is 2.97. The number of aromatic nitrogens is 3. The number of amides is 1. The highest BCUT2D eigenvalue weighted by molar-refractivity contribution is 5.93. The van der Waals surface area contributed by atoms with Crippen LogP contribution in [0, 0.1) is 0 Å². The first kappa shape index (κ1) is 13.1. The average molecular weight is 282 g/mol. The summed E-state index contributed by atoms with van der Waals surface area (Å²) in [5.74, 6) is 0.911. The quantitative estimate of drug-likeness (QED) is 0.794. The number of nitrogens with one attached hydrogen (secondary N) is 1. The van der Waals surface area contributed by atoms with E-state index in [-0.39, 0.29) is 12.5 Å². The Morgan fingerprint density at radius 3 is 2.81 bits per heavy atom. The summed E-state index contributed by atoms with van der Waals surface area (Å²) in [6.07, 6.45) is 1.66. The fourth-order valence-electron chi connectivity index (χ4n) is 1.87. The molecule has 21 heavy (non-hydrogen) atoms. The van der Waals surface area contributed by atoms with Crippen LogP contribution in [0.1, 0.15) is 0 Å². The number of imidazole rings is 1. The second-order valence-electron chi connectivity index (χ2n) is 4.49. The summed E-state index contributed by atoms with van der Waals surface area (Å²) in [5, 5.41) is 0. The van der Waals surface area contributed by atoms with E-state index in [9.17, 15) is 4.79 Å². The minimum atomic E-state index is -0.196. The third-order valence-corrected chi connectivity index (χ3v) is 3.04. The largest absolute Gasteiger partial charge is 0.484 e. The molecule has 3 rings (SSSR count). The fraction of sp³-hybridized carbons (Fsp3) is 0.133. The highest BCUT2D eigenvalue weighted by atomic mass is 16.5. The summed E-state index contributed by atoms with van der Waals surface area (Å²) < 4.78 is 5.44.